The molecular formula is C22H27N3O4S. The zero-order valence-corrected chi connectivity index (χ0v) is 18.3. The van der Waals surface area contributed by atoms with Gasteiger partial charge in [-0.25, -0.2) is 13.1 Å². The van der Waals surface area contributed by atoms with Crippen molar-refractivity contribution in [1.29, 1.82) is 0 Å². The lowest BCUT2D eigenvalue weighted by molar-refractivity contribution is -0.122. The van der Waals surface area contributed by atoms with E-state index in [1.165, 1.54) is 12.1 Å². The second-order valence-corrected chi connectivity index (χ2v) is 9.35. The van der Waals surface area contributed by atoms with Gasteiger partial charge in [0, 0.05) is 30.9 Å². The highest BCUT2D eigenvalue weighted by Crippen LogP contribution is 2.27. The zero-order chi connectivity index (χ0) is 21.9. The molecule has 1 heterocycles. The fourth-order valence-electron chi connectivity index (χ4n) is 3.31. The molecule has 2 aromatic carbocycles. The molecule has 7 nitrogen and oxygen atoms in total. The van der Waals surface area contributed by atoms with Gasteiger partial charge in [0.15, 0.2) is 0 Å². The van der Waals surface area contributed by atoms with E-state index in [0.717, 1.165) is 16.8 Å². The van der Waals surface area contributed by atoms with Gasteiger partial charge in [-0.05, 0) is 67.8 Å². The molecule has 2 aromatic rings. The third kappa shape index (κ3) is 4.88. The number of sulfonamides is 1. The van der Waals surface area contributed by atoms with Crippen LogP contribution in [0.4, 0.5) is 11.4 Å². The number of hydrogen-bond acceptors (Lipinski definition) is 4. The van der Waals surface area contributed by atoms with Crippen LogP contribution < -0.4 is 14.9 Å². The summed E-state index contributed by atoms with van der Waals surface area (Å²) in [7, 11) is -3.55. The van der Waals surface area contributed by atoms with Crippen LogP contribution in [0.25, 0.3) is 0 Å². The molecule has 0 saturated carbocycles. The SMILES string of the molecule is CCCNS(=O)(=O)c1ccc(NC(=O)C2CC(=O)N(c3ccc(C)c(C)c3)C2)cc1. The first-order valence-electron chi connectivity index (χ1n) is 9.99. The van der Waals surface area contributed by atoms with E-state index < -0.39 is 15.9 Å². The Balaban J connectivity index is 1.65. The average molecular weight is 430 g/mol. The molecule has 3 rings (SSSR count). The lowest BCUT2D eigenvalue weighted by atomic mass is 10.1. The number of aryl methyl sites for hydroxylation is 2. The Hall–Kier alpha value is -2.71. The molecule has 0 radical (unpaired) electrons. The van der Waals surface area contributed by atoms with Crippen molar-refractivity contribution in [1.82, 2.24) is 4.72 Å². The molecular weight excluding hydrogens is 402 g/mol. The van der Waals surface area contributed by atoms with Crippen molar-refractivity contribution in [3.8, 4) is 0 Å². The highest BCUT2D eigenvalue weighted by molar-refractivity contribution is 7.89. The van der Waals surface area contributed by atoms with Crippen LogP contribution in [-0.4, -0.2) is 33.3 Å². The Morgan fingerprint density at radius 2 is 1.80 bits per heavy atom. The van der Waals surface area contributed by atoms with Gasteiger partial charge >= 0.3 is 0 Å². The van der Waals surface area contributed by atoms with Gasteiger partial charge in [-0.15, -0.1) is 0 Å². The summed E-state index contributed by atoms with van der Waals surface area (Å²) in [5.41, 5.74) is 3.53. The van der Waals surface area contributed by atoms with Crippen LogP contribution in [0.1, 0.15) is 30.9 Å². The monoisotopic (exact) mass is 429 g/mol. The quantitative estimate of drug-likeness (QED) is 0.707. The van der Waals surface area contributed by atoms with Gasteiger partial charge in [0.25, 0.3) is 0 Å². The van der Waals surface area contributed by atoms with Crippen LogP contribution in [-0.2, 0) is 19.6 Å². The van der Waals surface area contributed by atoms with Crippen molar-refractivity contribution in [3.05, 3.63) is 53.6 Å². The maximum atomic E-state index is 12.7. The predicted octanol–water partition coefficient (Wildman–Crippen LogP) is 2.98. The van der Waals surface area contributed by atoms with Gasteiger partial charge in [-0.2, -0.15) is 0 Å². The van der Waals surface area contributed by atoms with Gasteiger partial charge in [-0.3, -0.25) is 9.59 Å². The molecule has 1 saturated heterocycles. The summed E-state index contributed by atoms with van der Waals surface area (Å²) >= 11 is 0. The smallest absolute Gasteiger partial charge is 0.240 e. The van der Waals surface area contributed by atoms with Gasteiger partial charge < -0.3 is 10.2 Å². The number of rotatable bonds is 7. The van der Waals surface area contributed by atoms with Crippen LogP contribution in [0, 0.1) is 19.8 Å². The standard InChI is InChI=1S/C22H27N3O4S/c1-4-11-23-30(28,29)20-9-6-18(7-10-20)24-22(27)17-13-21(26)25(14-17)19-8-5-15(2)16(3)12-19/h5-10,12,17,23H,4,11,13-14H2,1-3H3,(H,24,27). The van der Waals surface area contributed by atoms with E-state index in [2.05, 4.69) is 10.0 Å². The Morgan fingerprint density at radius 1 is 1.10 bits per heavy atom. The Bertz CT molecular complexity index is 1050. The van der Waals surface area contributed by atoms with Crippen LogP contribution in [0.2, 0.25) is 0 Å². The topological polar surface area (TPSA) is 95.6 Å². The first-order valence-corrected chi connectivity index (χ1v) is 11.5. The zero-order valence-electron chi connectivity index (χ0n) is 17.4. The van der Waals surface area contributed by atoms with Crippen LogP contribution >= 0.6 is 0 Å². The molecule has 1 aliphatic rings. The maximum absolute atomic E-state index is 12.7. The summed E-state index contributed by atoms with van der Waals surface area (Å²) in [5, 5.41) is 2.79. The third-order valence-corrected chi connectivity index (χ3v) is 6.75. The summed E-state index contributed by atoms with van der Waals surface area (Å²) < 4.78 is 26.8. The molecule has 30 heavy (non-hydrogen) atoms. The summed E-state index contributed by atoms with van der Waals surface area (Å²) in [6.45, 7) is 6.58. The van der Waals surface area contributed by atoms with E-state index in [1.807, 2.05) is 39.0 Å². The lowest BCUT2D eigenvalue weighted by Gasteiger charge is -2.18. The summed E-state index contributed by atoms with van der Waals surface area (Å²) in [6.07, 6.45) is 0.846. The van der Waals surface area contributed by atoms with Crippen LogP contribution in [0.3, 0.4) is 0 Å². The lowest BCUT2D eigenvalue weighted by Crippen LogP contribution is -2.28. The van der Waals surface area contributed by atoms with Crippen LogP contribution in [0.15, 0.2) is 47.4 Å². The summed E-state index contributed by atoms with van der Waals surface area (Å²) in [6, 6.07) is 11.8. The second-order valence-electron chi connectivity index (χ2n) is 7.59. The minimum absolute atomic E-state index is 0.0816. The largest absolute Gasteiger partial charge is 0.326 e. The van der Waals surface area contributed by atoms with Gasteiger partial charge in [0.05, 0.1) is 10.8 Å². The molecule has 0 bridgehead atoms. The fraction of sp³-hybridized carbons (Fsp3) is 0.364. The summed E-state index contributed by atoms with van der Waals surface area (Å²) in [5.74, 6) is -0.801. The Labute approximate surface area is 177 Å². The number of carbonyl (C=O) groups is 2. The number of nitrogens with zero attached hydrogens (tertiary/aromatic N) is 1. The van der Waals surface area contributed by atoms with E-state index in [1.54, 1.807) is 17.0 Å². The van der Waals surface area contributed by atoms with Crippen molar-refractivity contribution >= 4 is 33.2 Å². The van der Waals surface area contributed by atoms with Crippen molar-refractivity contribution in [3.63, 3.8) is 0 Å². The maximum Gasteiger partial charge on any atom is 0.240 e. The van der Waals surface area contributed by atoms with Crippen molar-refractivity contribution in [2.45, 2.75) is 38.5 Å². The third-order valence-electron chi connectivity index (χ3n) is 5.27. The van der Waals surface area contributed by atoms with Crippen molar-refractivity contribution in [2.24, 2.45) is 5.92 Å². The van der Waals surface area contributed by atoms with Crippen molar-refractivity contribution in [2.75, 3.05) is 23.3 Å². The van der Waals surface area contributed by atoms with Gasteiger partial charge in [0.1, 0.15) is 0 Å². The number of anilines is 2. The Kier molecular flexibility index (Phi) is 6.58. The predicted molar refractivity (Wildman–Crippen MR) is 117 cm³/mol. The molecule has 160 valence electrons. The van der Waals surface area contributed by atoms with E-state index in [4.69, 9.17) is 0 Å². The second kappa shape index (κ2) is 8.97. The van der Waals surface area contributed by atoms with E-state index in [9.17, 15) is 18.0 Å². The van der Waals surface area contributed by atoms with Gasteiger partial charge in [0.2, 0.25) is 21.8 Å². The van der Waals surface area contributed by atoms with E-state index in [-0.39, 0.29) is 23.1 Å². The molecule has 0 spiro atoms. The van der Waals surface area contributed by atoms with Gasteiger partial charge in [-0.1, -0.05) is 13.0 Å². The number of benzene rings is 2. The molecule has 1 fully saturated rings. The number of nitrogens with one attached hydrogen (secondary N) is 2. The molecule has 0 aromatic heterocycles. The van der Waals surface area contributed by atoms with E-state index in [0.29, 0.717) is 25.2 Å². The van der Waals surface area contributed by atoms with Crippen LogP contribution in [0.5, 0.6) is 0 Å². The first kappa shape index (κ1) is 22.0. The molecule has 0 aliphatic carbocycles. The number of hydrogen-bond donors (Lipinski definition) is 2. The number of carbonyl (C=O) groups excluding carboxylic acids is 2. The molecule has 2 amide bonds. The minimum Gasteiger partial charge on any atom is -0.326 e. The molecule has 1 aliphatic heterocycles. The molecule has 8 heteroatoms. The minimum atomic E-state index is -3.55. The average Bonchev–Trinajstić information content (AvgIpc) is 3.11. The highest BCUT2D eigenvalue weighted by atomic mass is 32.2. The fourth-order valence-corrected chi connectivity index (χ4v) is 4.44. The molecule has 2 N–H and O–H groups in total. The number of amides is 2. The molecule has 1 atom stereocenters. The normalized spacial score (nSPS) is 16.7. The highest BCUT2D eigenvalue weighted by Gasteiger charge is 2.35. The van der Waals surface area contributed by atoms with E-state index >= 15 is 0 Å². The molecule has 1 unspecified atom stereocenters. The van der Waals surface area contributed by atoms with Crippen molar-refractivity contribution < 1.29 is 18.0 Å². The summed E-state index contributed by atoms with van der Waals surface area (Å²) in [4.78, 5) is 26.9. The first-order chi connectivity index (χ1) is 14.2. The Morgan fingerprint density at radius 3 is 2.43 bits per heavy atom.